The topological polar surface area (TPSA) is 81.2 Å². The Bertz CT molecular complexity index is 1240. The van der Waals surface area contributed by atoms with E-state index in [1.807, 2.05) is 25.2 Å². The minimum Gasteiger partial charge on any atom is -0.347 e. The minimum absolute atomic E-state index is 0.0394. The van der Waals surface area contributed by atoms with E-state index >= 15 is 0 Å². The number of hydrogen-bond acceptors (Lipinski definition) is 4. The van der Waals surface area contributed by atoms with E-state index in [-0.39, 0.29) is 4.90 Å². The fraction of sp³-hybridized carbons (Fsp3) is 0.150. The second kappa shape index (κ2) is 6.99. The van der Waals surface area contributed by atoms with Crippen molar-refractivity contribution in [1.29, 1.82) is 0 Å². The van der Waals surface area contributed by atoms with Crippen molar-refractivity contribution in [3.05, 3.63) is 75.9 Å². The Kier molecular flexibility index (Phi) is 4.63. The van der Waals surface area contributed by atoms with Crippen molar-refractivity contribution < 1.29 is 8.42 Å². The zero-order valence-corrected chi connectivity index (χ0v) is 16.6. The maximum absolute atomic E-state index is 11.5. The highest BCUT2D eigenvalue weighted by molar-refractivity contribution is 7.89. The van der Waals surface area contributed by atoms with Crippen molar-refractivity contribution in [2.24, 2.45) is 12.2 Å². The molecule has 0 radical (unpaired) electrons. The van der Waals surface area contributed by atoms with Gasteiger partial charge in [-0.3, -0.25) is 4.68 Å². The van der Waals surface area contributed by atoms with Crippen molar-refractivity contribution in [2.75, 3.05) is 4.90 Å². The molecule has 0 bridgehead atoms. The standard InChI is InChI=1S/C20H17ClN4O2S/c1-24-20(25-12-16-7-8-18(21)10-17(16)13-25)15(11-23-24)6-5-14-3-2-4-19(9-14)28(22,26)27/h2-4,7-11H,12-13H2,1H3,(H2,22,26,27). The van der Waals surface area contributed by atoms with Crippen LogP contribution in [0, 0.1) is 11.8 Å². The molecule has 2 heterocycles. The van der Waals surface area contributed by atoms with Crippen molar-refractivity contribution in [1.82, 2.24) is 9.78 Å². The van der Waals surface area contributed by atoms with Crippen LogP contribution in [-0.4, -0.2) is 18.2 Å². The van der Waals surface area contributed by atoms with E-state index in [4.69, 9.17) is 16.7 Å². The van der Waals surface area contributed by atoms with E-state index in [2.05, 4.69) is 21.8 Å². The van der Waals surface area contributed by atoms with Crippen LogP contribution >= 0.6 is 11.6 Å². The largest absolute Gasteiger partial charge is 0.347 e. The molecule has 1 aliphatic rings. The second-order valence-corrected chi connectivity index (χ2v) is 8.60. The molecule has 2 aromatic carbocycles. The first-order valence-corrected chi connectivity index (χ1v) is 10.4. The summed E-state index contributed by atoms with van der Waals surface area (Å²) >= 11 is 6.11. The summed E-state index contributed by atoms with van der Waals surface area (Å²) in [6.07, 6.45) is 1.71. The Morgan fingerprint density at radius 1 is 1.11 bits per heavy atom. The third kappa shape index (κ3) is 3.62. The molecule has 1 aromatic heterocycles. The summed E-state index contributed by atoms with van der Waals surface area (Å²) in [5.41, 5.74) is 3.75. The van der Waals surface area contributed by atoms with Crippen molar-refractivity contribution >= 4 is 27.4 Å². The van der Waals surface area contributed by atoms with Gasteiger partial charge in [-0.05, 0) is 41.5 Å². The fourth-order valence-electron chi connectivity index (χ4n) is 3.30. The third-order valence-electron chi connectivity index (χ3n) is 4.60. The molecule has 142 valence electrons. The smallest absolute Gasteiger partial charge is 0.238 e. The molecule has 0 spiro atoms. The number of halogens is 1. The van der Waals surface area contributed by atoms with Crippen molar-refractivity contribution in [3.8, 4) is 11.8 Å². The van der Waals surface area contributed by atoms with Crippen LogP contribution in [0.1, 0.15) is 22.3 Å². The molecule has 0 amide bonds. The summed E-state index contributed by atoms with van der Waals surface area (Å²) in [5, 5.41) is 10.3. The Morgan fingerprint density at radius 2 is 1.89 bits per heavy atom. The summed E-state index contributed by atoms with van der Waals surface area (Å²) in [7, 11) is -1.89. The molecule has 0 unspecified atom stereocenters. The van der Waals surface area contributed by atoms with Crippen molar-refractivity contribution in [2.45, 2.75) is 18.0 Å². The van der Waals surface area contributed by atoms with E-state index in [9.17, 15) is 8.42 Å². The number of hydrogen-bond donors (Lipinski definition) is 1. The first kappa shape index (κ1) is 18.6. The Labute approximate surface area is 168 Å². The Morgan fingerprint density at radius 3 is 2.68 bits per heavy atom. The number of primary sulfonamides is 1. The normalized spacial score (nSPS) is 13.2. The zero-order valence-electron chi connectivity index (χ0n) is 15.1. The molecule has 0 atom stereocenters. The van der Waals surface area contributed by atoms with E-state index < -0.39 is 10.0 Å². The van der Waals surface area contributed by atoms with Gasteiger partial charge in [0.15, 0.2) is 0 Å². The van der Waals surface area contributed by atoms with E-state index in [0.29, 0.717) is 5.56 Å². The van der Waals surface area contributed by atoms with Gasteiger partial charge in [0.1, 0.15) is 5.82 Å². The lowest BCUT2D eigenvalue weighted by Crippen LogP contribution is -2.19. The highest BCUT2D eigenvalue weighted by Crippen LogP contribution is 2.31. The quantitative estimate of drug-likeness (QED) is 0.656. The molecule has 2 N–H and O–H groups in total. The molecule has 0 aliphatic carbocycles. The molecule has 1 aliphatic heterocycles. The predicted octanol–water partition coefficient (Wildman–Crippen LogP) is 2.64. The molecule has 0 fully saturated rings. The maximum atomic E-state index is 11.5. The molecule has 28 heavy (non-hydrogen) atoms. The van der Waals surface area contributed by atoms with Gasteiger partial charge in [-0.2, -0.15) is 5.10 Å². The molecule has 4 rings (SSSR count). The number of aryl methyl sites for hydroxylation is 1. The number of benzene rings is 2. The fourth-order valence-corrected chi connectivity index (χ4v) is 4.05. The SMILES string of the molecule is Cn1ncc(C#Cc2cccc(S(N)(=O)=O)c2)c1N1Cc2ccc(Cl)cc2C1. The molecule has 6 nitrogen and oxygen atoms in total. The van der Waals surface area contributed by atoms with Gasteiger partial charge in [-0.1, -0.05) is 35.6 Å². The van der Waals surface area contributed by atoms with Gasteiger partial charge < -0.3 is 4.90 Å². The summed E-state index contributed by atoms with van der Waals surface area (Å²) in [5.74, 6) is 7.02. The van der Waals surface area contributed by atoms with Gasteiger partial charge >= 0.3 is 0 Å². The van der Waals surface area contributed by atoms with Crippen LogP contribution in [0.2, 0.25) is 5.02 Å². The van der Waals surface area contributed by atoms with Gasteiger partial charge in [-0.15, -0.1) is 0 Å². The summed E-state index contributed by atoms with van der Waals surface area (Å²) in [6, 6.07) is 12.2. The van der Waals surface area contributed by atoms with Crippen molar-refractivity contribution in [3.63, 3.8) is 0 Å². The summed E-state index contributed by atoms with van der Waals surface area (Å²) in [6.45, 7) is 1.48. The lowest BCUT2D eigenvalue weighted by molar-refractivity contribution is 0.598. The number of sulfonamides is 1. The highest BCUT2D eigenvalue weighted by atomic mass is 35.5. The van der Waals surface area contributed by atoms with Gasteiger partial charge in [0.25, 0.3) is 0 Å². The number of rotatable bonds is 2. The van der Waals surface area contributed by atoms with Crippen LogP contribution < -0.4 is 10.0 Å². The number of anilines is 1. The monoisotopic (exact) mass is 412 g/mol. The summed E-state index contributed by atoms with van der Waals surface area (Å²) in [4.78, 5) is 2.23. The molecular weight excluding hydrogens is 396 g/mol. The van der Waals surface area contributed by atoms with Crippen LogP contribution in [0.25, 0.3) is 0 Å². The molecular formula is C20H17ClN4O2S. The average molecular weight is 413 g/mol. The van der Waals surface area contributed by atoms with Crippen LogP contribution in [-0.2, 0) is 30.2 Å². The minimum atomic E-state index is -3.76. The van der Waals surface area contributed by atoms with E-state index in [1.165, 1.54) is 23.3 Å². The van der Waals surface area contributed by atoms with Gasteiger partial charge in [-0.25, -0.2) is 13.6 Å². The number of aromatic nitrogens is 2. The lowest BCUT2D eigenvalue weighted by Gasteiger charge is -2.18. The van der Waals surface area contributed by atoms with Crippen LogP contribution in [0.15, 0.2) is 53.6 Å². The second-order valence-electron chi connectivity index (χ2n) is 6.60. The van der Waals surface area contributed by atoms with Gasteiger partial charge in [0.05, 0.1) is 16.7 Å². The van der Waals surface area contributed by atoms with Gasteiger partial charge in [0, 0.05) is 30.7 Å². The number of nitrogens with zero attached hydrogens (tertiary/aromatic N) is 3. The molecule has 0 saturated carbocycles. The lowest BCUT2D eigenvalue weighted by atomic mass is 10.1. The average Bonchev–Trinajstić information content (AvgIpc) is 3.21. The Hall–Kier alpha value is -2.79. The van der Waals surface area contributed by atoms with Gasteiger partial charge in [0.2, 0.25) is 10.0 Å². The van der Waals surface area contributed by atoms with E-state index in [1.54, 1.807) is 23.0 Å². The molecule has 0 saturated heterocycles. The highest BCUT2D eigenvalue weighted by Gasteiger charge is 2.23. The van der Waals surface area contributed by atoms with Crippen LogP contribution in [0.4, 0.5) is 5.82 Å². The first-order chi connectivity index (χ1) is 13.3. The van der Waals surface area contributed by atoms with Crippen LogP contribution in [0.3, 0.4) is 0 Å². The summed E-state index contributed by atoms with van der Waals surface area (Å²) < 4.78 is 24.8. The molecule has 8 heteroatoms. The predicted molar refractivity (Wildman–Crippen MR) is 108 cm³/mol. The first-order valence-electron chi connectivity index (χ1n) is 8.50. The number of fused-ring (bicyclic) bond motifs is 1. The Balaban J connectivity index is 1.66. The maximum Gasteiger partial charge on any atom is 0.238 e. The third-order valence-corrected chi connectivity index (χ3v) is 5.75. The van der Waals surface area contributed by atoms with Crippen LogP contribution in [0.5, 0.6) is 0 Å². The molecule has 3 aromatic rings. The van der Waals surface area contributed by atoms with E-state index in [0.717, 1.165) is 29.5 Å². The zero-order chi connectivity index (χ0) is 19.9. The number of nitrogens with two attached hydrogens (primary N) is 1.